The van der Waals surface area contributed by atoms with Crippen molar-refractivity contribution in [1.82, 2.24) is 9.88 Å². The predicted octanol–water partition coefficient (Wildman–Crippen LogP) is 3.07. The molecule has 124 valence electrons. The molecule has 1 aliphatic carbocycles. The third kappa shape index (κ3) is 3.66. The lowest BCUT2D eigenvalue weighted by atomic mass is 9.86. The highest BCUT2D eigenvalue weighted by Gasteiger charge is 2.22. The van der Waals surface area contributed by atoms with Crippen LogP contribution in [0, 0.1) is 5.92 Å². The van der Waals surface area contributed by atoms with Gasteiger partial charge in [0.15, 0.2) is 5.58 Å². The van der Waals surface area contributed by atoms with Gasteiger partial charge in [0.25, 0.3) is 0 Å². The van der Waals surface area contributed by atoms with Gasteiger partial charge in [-0.2, -0.15) is 0 Å². The SMILES string of the molecule is C[C@@H]1CCCC[C@H]1NC(=O)CCCn1c(=O)oc2ccccc21. The Kier molecular flexibility index (Phi) is 4.84. The second-order valence-electron chi connectivity index (χ2n) is 6.53. The number of aromatic nitrogens is 1. The molecule has 1 N–H and O–H groups in total. The molecule has 5 nitrogen and oxygen atoms in total. The molecule has 2 aromatic rings. The van der Waals surface area contributed by atoms with E-state index < -0.39 is 0 Å². The molecule has 1 aliphatic rings. The molecule has 1 fully saturated rings. The zero-order valence-corrected chi connectivity index (χ0v) is 13.6. The topological polar surface area (TPSA) is 64.2 Å². The van der Waals surface area contributed by atoms with Gasteiger partial charge in [0.2, 0.25) is 5.91 Å². The Morgan fingerprint density at radius 3 is 2.91 bits per heavy atom. The second-order valence-corrected chi connectivity index (χ2v) is 6.53. The second kappa shape index (κ2) is 7.02. The van der Waals surface area contributed by atoms with Crippen molar-refractivity contribution in [2.45, 2.75) is 58.0 Å². The van der Waals surface area contributed by atoms with Crippen molar-refractivity contribution in [3.05, 3.63) is 34.8 Å². The molecule has 23 heavy (non-hydrogen) atoms. The summed E-state index contributed by atoms with van der Waals surface area (Å²) in [7, 11) is 0. The number of nitrogens with zero attached hydrogens (tertiary/aromatic N) is 1. The third-order valence-electron chi connectivity index (χ3n) is 4.82. The molecule has 0 aliphatic heterocycles. The molecule has 1 aromatic carbocycles. The number of carbonyl (C=O) groups is 1. The van der Waals surface area contributed by atoms with Gasteiger partial charge in [-0.1, -0.05) is 31.9 Å². The van der Waals surface area contributed by atoms with Crippen molar-refractivity contribution in [2.75, 3.05) is 0 Å². The van der Waals surface area contributed by atoms with Crippen molar-refractivity contribution in [3.8, 4) is 0 Å². The summed E-state index contributed by atoms with van der Waals surface area (Å²) in [6.07, 6.45) is 5.82. The van der Waals surface area contributed by atoms with E-state index >= 15 is 0 Å². The van der Waals surface area contributed by atoms with Gasteiger partial charge >= 0.3 is 5.76 Å². The number of carbonyl (C=O) groups excluding carboxylic acids is 1. The minimum Gasteiger partial charge on any atom is -0.408 e. The maximum atomic E-state index is 12.1. The first-order valence-corrected chi connectivity index (χ1v) is 8.53. The molecule has 1 aromatic heterocycles. The van der Waals surface area contributed by atoms with E-state index in [1.807, 2.05) is 18.2 Å². The first-order valence-electron chi connectivity index (χ1n) is 8.53. The number of hydrogen-bond acceptors (Lipinski definition) is 3. The molecule has 0 spiro atoms. The number of para-hydroxylation sites is 2. The standard InChI is InChI=1S/C18H24N2O3/c1-13-7-2-3-8-14(13)19-17(21)11-6-12-20-15-9-4-5-10-16(15)23-18(20)22/h4-5,9-10,13-14H,2-3,6-8,11-12H2,1H3,(H,19,21)/t13-,14-/m1/s1. The van der Waals surface area contributed by atoms with Gasteiger partial charge in [-0.25, -0.2) is 4.79 Å². The minimum atomic E-state index is -0.354. The summed E-state index contributed by atoms with van der Waals surface area (Å²) in [5, 5.41) is 3.15. The van der Waals surface area contributed by atoms with Crippen molar-refractivity contribution >= 4 is 17.0 Å². The summed E-state index contributed by atoms with van der Waals surface area (Å²) in [5.74, 6) is 0.297. The fourth-order valence-electron chi connectivity index (χ4n) is 3.43. The van der Waals surface area contributed by atoms with Crippen LogP contribution >= 0.6 is 0 Å². The molecule has 0 radical (unpaired) electrons. The van der Waals surface area contributed by atoms with Gasteiger partial charge in [-0.05, 0) is 37.3 Å². The molecular weight excluding hydrogens is 292 g/mol. The van der Waals surface area contributed by atoms with E-state index in [4.69, 9.17) is 4.42 Å². The molecule has 3 rings (SSSR count). The van der Waals surface area contributed by atoms with Crippen LogP contribution in [-0.2, 0) is 11.3 Å². The Morgan fingerprint density at radius 1 is 1.30 bits per heavy atom. The number of hydrogen-bond donors (Lipinski definition) is 1. The Labute approximate surface area is 135 Å². The summed E-state index contributed by atoms with van der Waals surface area (Å²) in [6.45, 7) is 2.71. The maximum Gasteiger partial charge on any atom is 0.419 e. The zero-order valence-electron chi connectivity index (χ0n) is 13.6. The van der Waals surface area contributed by atoms with Gasteiger partial charge < -0.3 is 9.73 Å². The minimum absolute atomic E-state index is 0.0876. The van der Waals surface area contributed by atoms with E-state index in [9.17, 15) is 9.59 Å². The first-order chi connectivity index (χ1) is 11.1. The molecule has 5 heteroatoms. The fourth-order valence-corrected chi connectivity index (χ4v) is 3.43. The van der Waals surface area contributed by atoms with Gasteiger partial charge in [0.1, 0.15) is 0 Å². The molecule has 2 atom stereocenters. The summed E-state index contributed by atoms with van der Waals surface area (Å²) in [6, 6.07) is 7.68. The van der Waals surface area contributed by atoms with Crippen LogP contribution in [0.4, 0.5) is 0 Å². The average Bonchev–Trinajstić information content (AvgIpc) is 2.86. The van der Waals surface area contributed by atoms with E-state index in [1.165, 1.54) is 19.3 Å². The van der Waals surface area contributed by atoms with Gasteiger partial charge in [0, 0.05) is 19.0 Å². The van der Waals surface area contributed by atoms with Crippen molar-refractivity contribution in [1.29, 1.82) is 0 Å². The van der Waals surface area contributed by atoms with Crippen LogP contribution in [0.3, 0.4) is 0 Å². The lowest BCUT2D eigenvalue weighted by Crippen LogP contribution is -2.41. The molecule has 1 amide bonds. The number of benzene rings is 1. The monoisotopic (exact) mass is 316 g/mol. The van der Waals surface area contributed by atoms with Crippen LogP contribution in [0.25, 0.3) is 11.1 Å². The molecule has 1 saturated carbocycles. The molecule has 1 heterocycles. The quantitative estimate of drug-likeness (QED) is 0.922. The highest BCUT2D eigenvalue weighted by molar-refractivity contribution is 5.76. The van der Waals surface area contributed by atoms with Crippen LogP contribution in [0.15, 0.2) is 33.5 Å². The van der Waals surface area contributed by atoms with E-state index in [2.05, 4.69) is 12.2 Å². The number of fused-ring (bicyclic) bond motifs is 1. The lowest BCUT2D eigenvalue weighted by Gasteiger charge is -2.29. The number of aryl methyl sites for hydroxylation is 1. The number of nitrogens with one attached hydrogen (secondary N) is 1. The van der Waals surface area contributed by atoms with Crippen LogP contribution in [0.2, 0.25) is 0 Å². The molecular formula is C18H24N2O3. The predicted molar refractivity (Wildman–Crippen MR) is 89.3 cm³/mol. The van der Waals surface area contributed by atoms with E-state index in [-0.39, 0.29) is 11.7 Å². The highest BCUT2D eigenvalue weighted by Crippen LogP contribution is 2.23. The Bertz CT molecular complexity index is 731. The van der Waals surface area contributed by atoms with E-state index in [0.717, 1.165) is 11.9 Å². The van der Waals surface area contributed by atoms with E-state index in [1.54, 1.807) is 10.6 Å². The smallest absolute Gasteiger partial charge is 0.408 e. The fraction of sp³-hybridized carbons (Fsp3) is 0.556. The first kappa shape index (κ1) is 15.8. The largest absolute Gasteiger partial charge is 0.419 e. The Balaban J connectivity index is 1.53. The highest BCUT2D eigenvalue weighted by atomic mass is 16.4. The summed E-state index contributed by atoms with van der Waals surface area (Å²) in [4.78, 5) is 24.0. The Morgan fingerprint density at radius 2 is 2.09 bits per heavy atom. The van der Waals surface area contributed by atoms with E-state index in [0.29, 0.717) is 36.9 Å². The summed E-state index contributed by atoms with van der Waals surface area (Å²) < 4.78 is 6.80. The van der Waals surface area contributed by atoms with Gasteiger partial charge in [-0.3, -0.25) is 9.36 Å². The summed E-state index contributed by atoms with van der Waals surface area (Å²) >= 11 is 0. The van der Waals surface area contributed by atoms with Crippen molar-refractivity contribution < 1.29 is 9.21 Å². The Hall–Kier alpha value is -2.04. The van der Waals surface area contributed by atoms with Gasteiger partial charge in [0.05, 0.1) is 5.52 Å². The molecule has 0 saturated heterocycles. The maximum absolute atomic E-state index is 12.1. The van der Waals surface area contributed by atoms with Crippen LogP contribution < -0.4 is 11.1 Å². The average molecular weight is 316 g/mol. The van der Waals surface area contributed by atoms with Crippen molar-refractivity contribution in [3.63, 3.8) is 0 Å². The molecule has 0 bridgehead atoms. The van der Waals surface area contributed by atoms with Crippen molar-refractivity contribution in [2.24, 2.45) is 5.92 Å². The van der Waals surface area contributed by atoms with Gasteiger partial charge in [-0.15, -0.1) is 0 Å². The number of oxazole rings is 1. The van der Waals surface area contributed by atoms with Crippen LogP contribution in [0.5, 0.6) is 0 Å². The third-order valence-corrected chi connectivity index (χ3v) is 4.82. The number of amides is 1. The normalized spacial score (nSPS) is 21.4. The lowest BCUT2D eigenvalue weighted by molar-refractivity contribution is -0.122. The molecule has 0 unspecified atom stereocenters. The van der Waals surface area contributed by atoms with Crippen LogP contribution in [0.1, 0.15) is 45.4 Å². The number of rotatable bonds is 5. The summed E-state index contributed by atoms with van der Waals surface area (Å²) in [5.41, 5.74) is 1.39. The van der Waals surface area contributed by atoms with Crippen LogP contribution in [-0.4, -0.2) is 16.5 Å². The zero-order chi connectivity index (χ0) is 16.2.